The van der Waals surface area contributed by atoms with Crippen LogP contribution in [0, 0.1) is 0 Å². The minimum atomic E-state index is -1.25. The average Bonchev–Trinajstić information content (AvgIpc) is 3.75. The van der Waals surface area contributed by atoms with E-state index in [1.165, 1.54) is 7.11 Å². The average molecular weight is 468 g/mol. The quantitative estimate of drug-likeness (QED) is 0.282. The molecule has 4 aromatic rings. The first-order chi connectivity index (χ1) is 17.1. The summed E-state index contributed by atoms with van der Waals surface area (Å²) in [6.07, 6.45) is 2.27. The molecule has 2 unspecified atom stereocenters. The fourth-order valence-corrected chi connectivity index (χ4v) is 4.62. The number of nitrogens with zero attached hydrogens (tertiary/aromatic N) is 1. The number of ether oxygens (including phenoxy) is 3. The van der Waals surface area contributed by atoms with E-state index in [0.717, 1.165) is 46.3 Å². The van der Waals surface area contributed by atoms with Gasteiger partial charge < -0.3 is 14.2 Å². The Labute approximate surface area is 205 Å². The van der Waals surface area contributed by atoms with Gasteiger partial charge in [-0.05, 0) is 48.2 Å². The third-order valence-electron chi connectivity index (χ3n) is 6.63. The summed E-state index contributed by atoms with van der Waals surface area (Å²) in [7, 11) is 3.07. The number of esters is 1. The first-order valence-corrected chi connectivity index (χ1v) is 11.9. The van der Waals surface area contributed by atoms with Gasteiger partial charge in [0.1, 0.15) is 5.75 Å². The predicted octanol–water partition coefficient (Wildman–Crippen LogP) is 6.01. The molecule has 0 radical (unpaired) electrons. The number of rotatable bonds is 9. The molecular weight excluding hydrogens is 438 g/mol. The SMILES string of the molecule is COC(=O)C(CC(c1ccc(OC)cc1)c1ccc2ccccc2n1)(OC1CC1)c1ccccc1. The van der Waals surface area contributed by atoms with Crippen LogP contribution in [0.5, 0.6) is 5.75 Å². The van der Waals surface area contributed by atoms with Crippen LogP contribution in [0.1, 0.15) is 42.0 Å². The van der Waals surface area contributed by atoms with Gasteiger partial charge in [0.05, 0.1) is 25.8 Å². The van der Waals surface area contributed by atoms with Crippen molar-refractivity contribution < 1.29 is 19.0 Å². The zero-order valence-electron chi connectivity index (χ0n) is 20.0. The van der Waals surface area contributed by atoms with E-state index in [0.29, 0.717) is 6.42 Å². The molecule has 0 saturated heterocycles. The number of carbonyl (C=O) groups is 1. The molecule has 0 N–H and O–H groups in total. The van der Waals surface area contributed by atoms with Gasteiger partial charge in [-0.3, -0.25) is 4.98 Å². The summed E-state index contributed by atoms with van der Waals surface area (Å²) in [6.45, 7) is 0. The van der Waals surface area contributed by atoms with Crippen molar-refractivity contribution in [2.75, 3.05) is 14.2 Å². The molecule has 178 valence electrons. The van der Waals surface area contributed by atoms with E-state index in [1.54, 1.807) is 7.11 Å². The highest BCUT2D eigenvalue weighted by Gasteiger charge is 2.48. The monoisotopic (exact) mass is 467 g/mol. The number of hydrogen-bond donors (Lipinski definition) is 0. The number of hydrogen-bond acceptors (Lipinski definition) is 5. The summed E-state index contributed by atoms with van der Waals surface area (Å²) in [5.74, 6) is 0.161. The van der Waals surface area contributed by atoms with E-state index < -0.39 is 11.6 Å². The first kappa shape index (κ1) is 23.1. The number of carbonyl (C=O) groups excluding carboxylic acids is 1. The number of benzene rings is 3. The molecule has 0 amide bonds. The fourth-order valence-electron chi connectivity index (χ4n) is 4.62. The van der Waals surface area contributed by atoms with Gasteiger partial charge >= 0.3 is 5.97 Å². The fraction of sp³-hybridized carbons (Fsp3) is 0.267. The molecule has 35 heavy (non-hydrogen) atoms. The maximum atomic E-state index is 13.5. The van der Waals surface area contributed by atoms with Crippen LogP contribution >= 0.6 is 0 Å². The largest absolute Gasteiger partial charge is 0.497 e. The second kappa shape index (κ2) is 9.88. The van der Waals surface area contributed by atoms with E-state index in [2.05, 4.69) is 6.07 Å². The highest BCUT2D eigenvalue weighted by atomic mass is 16.6. The Hall–Kier alpha value is -3.70. The summed E-state index contributed by atoms with van der Waals surface area (Å²) >= 11 is 0. The van der Waals surface area contributed by atoms with E-state index in [1.807, 2.05) is 84.9 Å². The van der Waals surface area contributed by atoms with Crippen LogP contribution in [-0.2, 0) is 19.9 Å². The molecule has 1 fully saturated rings. The van der Waals surface area contributed by atoms with Crippen molar-refractivity contribution in [2.45, 2.75) is 36.9 Å². The van der Waals surface area contributed by atoms with Crippen LogP contribution in [-0.4, -0.2) is 31.3 Å². The lowest BCUT2D eigenvalue weighted by molar-refractivity contribution is -0.175. The number of fused-ring (bicyclic) bond motifs is 1. The van der Waals surface area contributed by atoms with E-state index in [-0.39, 0.29) is 12.0 Å². The van der Waals surface area contributed by atoms with Gasteiger partial charge in [-0.2, -0.15) is 0 Å². The van der Waals surface area contributed by atoms with Gasteiger partial charge in [-0.15, -0.1) is 0 Å². The number of pyridine rings is 1. The molecule has 0 spiro atoms. The second-order valence-corrected chi connectivity index (χ2v) is 8.96. The van der Waals surface area contributed by atoms with Gasteiger partial charge in [-0.1, -0.05) is 66.7 Å². The lowest BCUT2D eigenvalue weighted by Crippen LogP contribution is -2.42. The molecule has 0 bridgehead atoms. The standard InChI is InChI=1S/C30H29NO4/c1-33-24-15-12-21(13-16-24)26(28-19-14-22-8-6-7-11-27(22)31-28)20-30(29(32)34-2,35-25-17-18-25)23-9-4-3-5-10-23/h3-16,19,25-26H,17-18,20H2,1-2H3. The van der Waals surface area contributed by atoms with Gasteiger partial charge in [0.15, 0.2) is 5.60 Å². The number of aromatic nitrogens is 1. The number of methoxy groups -OCH3 is 2. The maximum Gasteiger partial charge on any atom is 0.342 e. The van der Waals surface area contributed by atoms with Gasteiger partial charge in [0, 0.05) is 23.4 Å². The van der Waals surface area contributed by atoms with E-state index >= 15 is 0 Å². The number of para-hydroxylation sites is 1. The second-order valence-electron chi connectivity index (χ2n) is 8.96. The van der Waals surface area contributed by atoms with Crippen LogP contribution in [0.15, 0.2) is 91.0 Å². The zero-order valence-corrected chi connectivity index (χ0v) is 20.0. The van der Waals surface area contributed by atoms with Crippen molar-refractivity contribution in [3.63, 3.8) is 0 Å². The molecule has 1 heterocycles. The van der Waals surface area contributed by atoms with Crippen LogP contribution in [0.4, 0.5) is 0 Å². The Morgan fingerprint density at radius 3 is 2.31 bits per heavy atom. The first-order valence-electron chi connectivity index (χ1n) is 11.9. The Morgan fingerprint density at radius 2 is 1.63 bits per heavy atom. The van der Waals surface area contributed by atoms with Crippen molar-refractivity contribution >= 4 is 16.9 Å². The Bertz CT molecular complexity index is 1300. The van der Waals surface area contributed by atoms with Crippen molar-refractivity contribution in [1.29, 1.82) is 0 Å². The van der Waals surface area contributed by atoms with Crippen LogP contribution in [0.3, 0.4) is 0 Å². The summed E-state index contributed by atoms with van der Waals surface area (Å²) in [4.78, 5) is 18.5. The van der Waals surface area contributed by atoms with Crippen LogP contribution in [0.25, 0.3) is 10.9 Å². The summed E-state index contributed by atoms with van der Waals surface area (Å²) in [5, 5.41) is 1.07. The molecule has 1 aliphatic carbocycles. The van der Waals surface area contributed by atoms with Crippen LogP contribution in [0.2, 0.25) is 0 Å². The predicted molar refractivity (Wildman–Crippen MR) is 135 cm³/mol. The molecule has 1 saturated carbocycles. The Balaban J connectivity index is 1.66. The van der Waals surface area contributed by atoms with Gasteiger partial charge in [-0.25, -0.2) is 4.79 Å². The molecule has 2 atom stereocenters. The minimum Gasteiger partial charge on any atom is -0.497 e. The molecule has 1 aromatic heterocycles. The van der Waals surface area contributed by atoms with Crippen molar-refractivity contribution in [1.82, 2.24) is 4.98 Å². The molecular formula is C30H29NO4. The molecule has 0 aliphatic heterocycles. The zero-order chi connectivity index (χ0) is 24.3. The molecule has 5 rings (SSSR count). The molecule has 1 aliphatic rings. The third-order valence-corrected chi connectivity index (χ3v) is 6.63. The highest BCUT2D eigenvalue weighted by molar-refractivity contribution is 5.82. The van der Waals surface area contributed by atoms with E-state index in [9.17, 15) is 4.79 Å². The van der Waals surface area contributed by atoms with Crippen molar-refractivity contribution in [3.8, 4) is 5.75 Å². The molecule has 5 heteroatoms. The Morgan fingerprint density at radius 1 is 0.914 bits per heavy atom. The lowest BCUT2D eigenvalue weighted by Gasteiger charge is -2.35. The lowest BCUT2D eigenvalue weighted by atomic mass is 9.79. The van der Waals surface area contributed by atoms with E-state index in [4.69, 9.17) is 19.2 Å². The summed E-state index contributed by atoms with van der Waals surface area (Å²) in [6, 6.07) is 29.8. The van der Waals surface area contributed by atoms with Crippen LogP contribution < -0.4 is 4.74 Å². The van der Waals surface area contributed by atoms with Crippen molar-refractivity contribution in [3.05, 3.63) is 108 Å². The Kier molecular flexibility index (Phi) is 6.51. The maximum absolute atomic E-state index is 13.5. The molecule has 5 nitrogen and oxygen atoms in total. The summed E-state index contributed by atoms with van der Waals surface area (Å²) in [5.41, 5.74) is 2.34. The smallest absolute Gasteiger partial charge is 0.342 e. The van der Waals surface area contributed by atoms with Gasteiger partial charge in [0.25, 0.3) is 0 Å². The third kappa shape index (κ3) is 4.77. The topological polar surface area (TPSA) is 57.7 Å². The minimum absolute atomic E-state index is 0.0374. The molecule has 3 aromatic carbocycles. The van der Waals surface area contributed by atoms with Crippen molar-refractivity contribution in [2.24, 2.45) is 0 Å². The highest BCUT2D eigenvalue weighted by Crippen LogP contribution is 2.44. The summed E-state index contributed by atoms with van der Waals surface area (Å²) < 4.78 is 17.3. The van der Waals surface area contributed by atoms with Gasteiger partial charge in [0.2, 0.25) is 0 Å². The normalized spacial score (nSPS) is 15.8.